The van der Waals surface area contributed by atoms with Crippen LogP contribution in [0.15, 0.2) is 30.7 Å². The molecule has 0 radical (unpaired) electrons. The molecule has 90 valence electrons. The van der Waals surface area contributed by atoms with E-state index in [1.807, 2.05) is 31.7 Å². The first-order chi connectivity index (χ1) is 8.15. The minimum Gasteiger partial charge on any atom is -0.310 e. The number of aromatic nitrogens is 3. The second-order valence-corrected chi connectivity index (χ2v) is 4.49. The lowest BCUT2D eigenvalue weighted by molar-refractivity contribution is 0.588. The monoisotopic (exact) mass is 230 g/mol. The molecule has 0 unspecified atom stereocenters. The molecule has 2 aromatic rings. The summed E-state index contributed by atoms with van der Waals surface area (Å²) in [6.45, 7) is 5.11. The summed E-state index contributed by atoms with van der Waals surface area (Å²) in [4.78, 5) is 4.26. The largest absolute Gasteiger partial charge is 0.310 e. The summed E-state index contributed by atoms with van der Waals surface area (Å²) < 4.78 is 1.80. The second kappa shape index (κ2) is 5.10. The molecule has 1 N–H and O–H groups in total. The normalized spacial score (nSPS) is 11.1. The number of rotatable bonds is 4. The van der Waals surface area contributed by atoms with Gasteiger partial charge in [0.05, 0.1) is 5.69 Å². The second-order valence-electron chi connectivity index (χ2n) is 4.49. The van der Waals surface area contributed by atoms with Crippen molar-refractivity contribution in [3.05, 3.63) is 36.3 Å². The van der Waals surface area contributed by atoms with Crippen LogP contribution in [0.3, 0.4) is 0 Å². The van der Waals surface area contributed by atoms with Gasteiger partial charge in [0.15, 0.2) is 0 Å². The minimum atomic E-state index is 0.480. The summed E-state index contributed by atoms with van der Waals surface area (Å²) in [5, 5.41) is 7.75. The Morgan fingerprint density at radius 3 is 2.82 bits per heavy atom. The minimum absolute atomic E-state index is 0.480. The fourth-order valence-corrected chi connectivity index (χ4v) is 1.62. The van der Waals surface area contributed by atoms with Gasteiger partial charge in [-0.2, -0.15) is 5.10 Å². The number of hydrogen-bond acceptors (Lipinski definition) is 3. The van der Waals surface area contributed by atoms with Crippen LogP contribution in [0.2, 0.25) is 0 Å². The Morgan fingerprint density at radius 1 is 1.35 bits per heavy atom. The van der Waals surface area contributed by atoms with Crippen molar-refractivity contribution in [2.75, 3.05) is 0 Å². The number of hydrogen-bond donors (Lipinski definition) is 1. The van der Waals surface area contributed by atoms with Crippen molar-refractivity contribution in [3.8, 4) is 11.3 Å². The SMILES string of the molecule is CC(C)NCc1cncc(-c2ccn(C)n2)c1. The smallest absolute Gasteiger partial charge is 0.0938 e. The van der Waals surface area contributed by atoms with Gasteiger partial charge in [0.25, 0.3) is 0 Å². The van der Waals surface area contributed by atoms with Crippen molar-refractivity contribution in [1.82, 2.24) is 20.1 Å². The Hall–Kier alpha value is -1.68. The van der Waals surface area contributed by atoms with E-state index >= 15 is 0 Å². The summed E-state index contributed by atoms with van der Waals surface area (Å²) in [6.07, 6.45) is 5.68. The predicted molar refractivity (Wildman–Crippen MR) is 68.4 cm³/mol. The third kappa shape index (κ3) is 3.14. The highest BCUT2D eigenvalue weighted by molar-refractivity contribution is 5.57. The molecule has 0 fully saturated rings. The molecule has 0 spiro atoms. The van der Waals surface area contributed by atoms with Crippen LogP contribution in [0.5, 0.6) is 0 Å². The molecule has 2 rings (SSSR count). The number of nitrogens with one attached hydrogen (secondary N) is 1. The van der Waals surface area contributed by atoms with Gasteiger partial charge in [-0.05, 0) is 17.7 Å². The van der Waals surface area contributed by atoms with E-state index in [-0.39, 0.29) is 0 Å². The Bertz CT molecular complexity index is 488. The van der Waals surface area contributed by atoms with E-state index in [0.717, 1.165) is 17.8 Å². The molecule has 0 saturated heterocycles. The molecule has 0 aliphatic heterocycles. The third-order valence-electron chi connectivity index (χ3n) is 2.52. The van der Waals surface area contributed by atoms with Crippen molar-refractivity contribution >= 4 is 0 Å². The molecule has 4 nitrogen and oxygen atoms in total. The molecule has 0 aromatic carbocycles. The van der Waals surface area contributed by atoms with E-state index < -0.39 is 0 Å². The maximum Gasteiger partial charge on any atom is 0.0938 e. The summed E-state index contributed by atoms with van der Waals surface area (Å²) >= 11 is 0. The topological polar surface area (TPSA) is 42.7 Å². The molecule has 4 heteroatoms. The van der Waals surface area contributed by atoms with Crippen LogP contribution in [-0.2, 0) is 13.6 Å². The van der Waals surface area contributed by atoms with Gasteiger partial charge in [-0.15, -0.1) is 0 Å². The average Bonchev–Trinajstić information content (AvgIpc) is 2.74. The summed E-state index contributed by atoms with van der Waals surface area (Å²) in [6, 6.07) is 4.61. The van der Waals surface area contributed by atoms with Crippen LogP contribution in [0.25, 0.3) is 11.3 Å². The molecule has 0 aliphatic carbocycles. The van der Waals surface area contributed by atoms with Crippen LogP contribution in [0.4, 0.5) is 0 Å². The van der Waals surface area contributed by atoms with E-state index in [4.69, 9.17) is 0 Å². The van der Waals surface area contributed by atoms with Gasteiger partial charge < -0.3 is 5.32 Å². The molecule has 2 heterocycles. The van der Waals surface area contributed by atoms with Gasteiger partial charge in [0, 0.05) is 43.8 Å². The molecule has 2 aromatic heterocycles. The van der Waals surface area contributed by atoms with Crippen LogP contribution >= 0.6 is 0 Å². The summed E-state index contributed by atoms with van der Waals surface area (Å²) in [5.74, 6) is 0. The lowest BCUT2D eigenvalue weighted by Crippen LogP contribution is -2.21. The molecule has 0 bridgehead atoms. The zero-order valence-electron chi connectivity index (χ0n) is 10.5. The van der Waals surface area contributed by atoms with E-state index in [2.05, 4.69) is 35.3 Å². The molecular formula is C13H18N4. The number of nitrogens with zero attached hydrogens (tertiary/aromatic N) is 3. The molecular weight excluding hydrogens is 212 g/mol. The van der Waals surface area contributed by atoms with Crippen LogP contribution in [0, 0.1) is 0 Å². The van der Waals surface area contributed by atoms with Gasteiger partial charge in [-0.1, -0.05) is 13.8 Å². The Balaban J connectivity index is 2.16. The summed E-state index contributed by atoms with van der Waals surface area (Å²) in [7, 11) is 1.92. The number of pyridine rings is 1. The standard InChI is InChI=1S/C13H18N4/c1-10(2)15-8-11-6-12(9-14-7-11)13-4-5-17(3)16-13/h4-7,9-10,15H,8H2,1-3H3. The lowest BCUT2D eigenvalue weighted by Gasteiger charge is -2.08. The van der Waals surface area contributed by atoms with Crippen LogP contribution in [-0.4, -0.2) is 20.8 Å². The average molecular weight is 230 g/mol. The van der Waals surface area contributed by atoms with Crippen molar-refractivity contribution in [2.24, 2.45) is 7.05 Å². The Morgan fingerprint density at radius 2 is 2.18 bits per heavy atom. The fraction of sp³-hybridized carbons (Fsp3) is 0.385. The zero-order chi connectivity index (χ0) is 12.3. The quantitative estimate of drug-likeness (QED) is 0.873. The Labute approximate surface area is 102 Å². The van der Waals surface area contributed by atoms with Crippen molar-refractivity contribution < 1.29 is 0 Å². The maximum absolute atomic E-state index is 4.37. The first-order valence-electron chi connectivity index (χ1n) is 5.82. The van der Waals surface area contributed by atoms with Crippen LogP contribution in [0.1, 0.15) is 19.4 Å². The predicted octanol–water partition coefficient (Wildman–Crippen LogP) is 1.98. The lowest BCUT2D eigenvalue weighted by atomic mass is 10.1. The zero-order valence-corrected chi connectivity index (χ0v) is 10.5. The Kier molecular flexibility index (Phi) is 3.54. The first kappa shape index (κ1) is 11.8. The van der Waals surface area contributed by atoms with Crippen LogP contribution < -0.4 is 5.32 Å². The van der Waals surface area contributed by atoms with Gasteiger partial charge >= 0.3 is 0 Å². The molecule has 0 atom stereocenters. The highest BCUT2D eigenvalue weighted by Crippen LogP contribution is 2.16. The van der Waals surface area contributed by atoms with Crippen molar-refractivity contribution in [1.29, 1.82) is 0 Å². The van der Waals surface area contributed by atoms with E-state index in [0.29, 0.717) is 6.04 Å². The van der Waals surface area contributed by atoms with Gasteiger partial charge in [0.2, 0.25) is 0 Å². The number of aryl methyl sites for hydroxylation is 1. The molecule has 0 amide bonds. The maximum atomic E-state index is 4.37. The van der Waals surface area contributed by atoms with Gasteiger partial charge in [-0.25, -0.2) is 0 Å². The highest BCUT2D eigenvalue weighted by Gasteiger charge is 2.03. The van der Waals surface area contributed by atoms with Crippen molar-refractivity contribution in [2.45, 2.75) is 26.4 Å². The van der Waals surface area contributed by atoms with Gasteiger partial charge in [0.1, 0.15) is 0 Å². The summed E-state index contributed by atoms with van der Waals surface area (Å²) in [5.41, 5.74) is 3.21. The molecule has 17 heavy (non-hydrogen) atoms. The van der Waals surface area contributed by atoms with E-state index in [9.17, 15) is 0 Å². The molecule has 0 aliphatic rings. The van der Waals surface area contributed by atoms with E-state index in [1.54, 1.807) is 4.68 Å². The third-order valence-corrected chi connectivity index (χ3v) is 2.52. The van der Waals surface area contributed by atoms with Crippen molar-refractivity contribution in [3.63, 3.8) is 0 Å². The van der Waals surface area contributed by atoms with E-state index in [1.165, 1.54) is 5.56 Å². The van der Waals surface area contributed by atoms with Gasteiger partial charge in [-0.3, -0.25) is 9.67 Å². The highest BCUT2D eigenvalue weighted by atomic mass is 15.2. The fourth-order valence-electron chi connectivity index (χ4n) is 1.62. The first-order valence-corrected chi connectivity index (χ1v) is 5.82. The molecule has 0 saturated carbocycles.